The van der Waals surface area contributed by atoms with E-state index in [1.807, 2.05) is 11.8 Å². The van der Waals surface area contributed by atoms with Gasteiger partial charge in [0.15, 0.2) is 0 Å². The summed E-state index contributed by atoms with van der Waals surface area (Å²) < 4.78 is 0. The first kappa shape index (κ1) is 14.6. The molecule has 0 radical (unpaired) electrons. The fraction of sp³-hybridized carbons (Fsp3) is 0.571. The molecule has 1 rings (SSSR count). The number of hydrogen-bond acceptors (Lipinski definition) is 3. The fourth-order valence-electron chi connectivity index (χ4n) is 1.60. The van der Waals surface area contributed by atoms with Gasteiger partial charge in [-0.3, -0.25) is 11.3 Å². The monoisotopic (exact) mass is 252 g/mol. The van der Waals surface area contributed by atoms with Gasteiger partial charge in [-0.05, 0) is 24.0 Å². The van der Waals surface area contributed by atoms with Crippen LogP contribution in [0.3, 0.4) is 0 Å². The number of nitrogens with one attached hydrogen (secondary N) is 1. The van der Waals surface area contributed by atoms with Crippen molar-refractivity contribution in [1.29, 1.82) is 0 Å². The third-order valence-corrected chi connectivity index (χ3v) is 4.54. The minimum absolute atomic E-state index is 0.250. The summed E-state index contributed by atoms with van der Waals surface area (Å²) in [5.74, 6) is 6.66. The van der Waals surface area contributed by atoms with Crippen molar-refractivity contribution in [3.05, 3.63) is 35.4 Å². The summed E-state index contributed by atoms with van der Waals surface area (Å²) in [5, 5.41) is 0.695. The van der Waals surface area contributed by atoms with Crippen LogP contribution in [-0.4, -0.2) is 11.0 Å². The van der Waals surface area contributed by atoms with E-state index in [4.69, 9.17) is 5.84 Å². The van der Waals surface area contributed by atoms with Gasteiger partial charge in [-0.1, -0.05) is 45.0 Å². The van der Waals surface area contributed by atoms with Gasteiger partial charge in [0.1, 0.15) is 0 Å². The van der Waals surface area contributed by atoms with Crippen LogP contribution in [0.5, 0.6) is 0 Å². The molecule has 3 N–H and O–H groups in total. The van der Waals surface area contributed by atoms with Crippen LogP contribution in [0.1, 0.15) is 44.4 Å². The molecule has 0 spiro atoms. The number of benzene rings is 1. The molecule has 0 saturated carbocycles. The lowest BCUT2D eigenvalue weighted by Crippen LogP contribution is -2.30. The molecule has 17 heavy (non-hydrogen) atoms. The first-order valence-corrected chi connectivity index (χ1v) is 7.42. The minimum Gasteiger partial charge on any atom is -0.271 e. The van der Waals surface area contributed by atoms with Crippen molar-refractivity contribution in [1.82, 2.24) is 5.43 Å². The molecule has 1 aromatic carbocycles. The Labute approximate surface area is 109 Å². The molecule has 2 atom stereocenters. The van der Waals surface area contributed by atoms with Gasteiger partial charge in [-0.2, -0.15) is 11.8 Å². The molecule has 2 nitrogen and oxygen atoms in total. The maximum Gasteiger partial charge on any atom is 0.0550 e. The molecule has 0 amide bonds. The number of hydrogen-bond donors (Lipinski definition) is 2. The van der Waals surface area contributed by atoms with Crippen LogP contribution in [0.25, 0.3) is 0 Å². The Balaban J connectivity index is 2.59. The molecule has 0 fully saturated rings. The van der Waals surface area contributed by atoms with Crippen LogP contribution < -0.4 is 11.3 Å². The molecule has 0 aliphatic heterocycles. The van der Waals surface area contributed by atoms with Crippen molar-refractivity contribution in [3.8, 4) is 0 Å². The number of hydrazine groups is 1. The van der Waals surface area contributed by atoms with Crippen molar-refractivity contribution in [3.63, 3.8) is 0 Å². The Kier molecular flexibility index (Phi) is 6.63. The fourth-order valence-corrected chi connectivity index (χ4v) is 2.65. The van der Waals surface area contributed by atoms with Crippen molar-refractivity contribution in [2.24, 2.45) is 5.84 Å². The van der Waals surface area contributed by atoms with E-state index >= 15 is 0 Å². The second-order valence-electron chi connectivity index (χ2n) is 4.37. The van der Waals surface area contributed by atoms with Crippen LogP contribution in [0, 0.1) is 0 Å². The molecular formula is C14H24N2S. The van der Waals surface area contributed by atoms with Crippen molar-refractivity contribution < 1.29 is 0 Å². The topological polar surface area (TPSA) is 38.0 Å². The smallest absolute Gasteiger partial charge is 0.0550 e. The Morgan fingerprint density at radius 1 is 1.24 bits per heavy atom. The average Bonchev–Trinajstić information content (AvgIpc) is 2.39. The molecule has 3 heteroatoms. The van der Waals surface area contributed by atoms with Gasteiger partial charge >= 0.3 is 0 Å². The van der Waals surface area contributed by atoms with Gasteiger partial charge < -0.3 is 0 Å². The van der Waals surface area contributed by atoms with Crippen molar-refractivity contribution in [2.75, 3.05) is 5.75 Å². The van der Waals surface area contributed by atoms with Crippen LogP contribution in [0.2, 0.25) is 0 Å². The second-order valence-corrected chi connectivity index (χ2v) is 5.84. The van der Waals surface area contributed by atoms with E-state index in [-0.39, 0.29) is 6.04 Å². The third-order valence-electron chi connectivity index (χ3n) is 3.11. The van der Waals surface area contributed by atoms with E-state index in [9.17, 15) is 0 Å². The molecule has 0 bridgehead atoms. The predicted octanol–water partition coefficient (Wildman–Crippen LogP) is 3.29. The lowest BCUT2D eigenvalue weighted by atomic mass is 10.1. The molecule has 0 aliphatic rings. The number of aryl methyl sites for hydroxylation is 1. The molecule has 0 heterocycles. The summed E-state index contributed by atoms with van der Waals surface area (Å²) in [7, 11) is 0. The summed E-state index contributed by atoms with van der Waals surface area (Å²) >= 11 is 1.97. The van der Waals surface area contributed by atoms with E-state index in [1.165, 1.54) is 17.5 Å². The Morgan fingerprint density at radius 2 is 1.88 bits per heavy atom. The van der Waals surface area contributed by atoms with E-state index < -0.39 is 0 Å². The summed E-state index contributed by atoms with van der Waals surface area (Å²) in [5.41, 5.74) is 5.57. The summed E-state index contributed by atoms with van der Waals surface area (Å²) in [6.45, 7) is 6.66. The van der Waals surface area contributed by atoms with Crippen LogP contribution in [0.4, 0.5) is 0 Å². The van der Waals surface area contributed by atoms with E-state index in [2.05, 4.69) is 50.5 Å². The zero-order valence-corrected chi connectivity index (χ0v) is 11.9. The van der Waals surface area contributed by atoms with Gasteiger partial charge in [0.25, 0.3) is 0 Å². The average molecular weight is 252 g/mol. The molecule has 0 aliphatic carbocycles. The van der Waals surface area contributed by atoms with Crippen molar-refractivity contribution in [2.45, 2.75) is 44.9 Å². The summed E-state index contributed by atoms with van der Waals surface area (Å²) in [4.78, 5) is 0. The SMILES string of the molecule is CCc1ccc(C(CSC(C)CC)NN)cc1. The van der Waals surface area contributed by atoms with E-state index in [1.54, 1.807) is 0 Å². The molecule has 1 aromatic rings. The molecular weight excluding hydrogens is 228 g/mol. The van der Waals surface area contributed by atoms with Gasteiger partial charge in [0.05, 0.1) is 6.04 Å². The number of nitrogens with two attached hydrogens (primary N) is 1. The van der Waals surface area contributed by atoms with Crippen LogP contribution in [0.15, 0.2) is 24.3 Å². The highest BCUT2D eigenvalue weighted by Gasteiger charge is 2.11. The van der Waals surface area contributed by atoms with E-state index in [0.717, 1.165) is 12.2 Å². The standard InChI is InChI=1S/C14H24N2S/c1-4-11(3)17-10-14(16-15)13-8-6-12(5-2)7-9-13/h6-9,11,14,16H,4-5,10,15H2,1-3H3. The summed E-state index contributed by atoms with van der Waals surface area (Å²) in [6.07, 6.45) is 2.29. The highest BCUT2D eigenvalue weighted by atomic mass is 32.2. The minimum atomic E-state index is 0.250. The largest absolute Gasteiger partial charge is 0.271 e. The van der Waals surface area contributed by atoms with Crippen LogP contribution >= 0.6 is 11.8 Å². The highest BCUT2D eigenvalue weighted by Crippen LogP contribution is 2.22. The predicted molar refractivity (Wildman–Crippen MR) is 78.1 cm³/mol. The Bertz CT molecular complexity index is 311. The molecule has 96 valence electrons. The van der Waals surface area contributed by atoms with Crippen molar-refractivity contribution >= 4 is 11.8 Å². The highest BCUT2D eigenvalue weighted by molar-refractivity contribution is 7.99. The zero-order chi connectivity index (χ0) is 12.7. The Morgan fingerprint density at radius 3 is 2.35 bits per heavy atom. The molecule has 0 aromatic heterocycles. The quantitative estimate of drug-likeness (QED) is 0.578. The first-order chi connectivity index (χ1) is 8.21. The maximum atomic E-state index is 5.64. The Hall–Kier alpha value is -0.510. The molecule has 2 unspecified atom stereocenters. The van der Waals surface area contributed by atoms with Gasteiger partial charge in [-0.15, -0.1) is 0 Å². The normalized spacial score (nSPS) is 14.6. The lowest BCUT2D eigenvalue weighted by molar-refractivity contribution is 0.609. The van der Waals surface area contributed by atoms with Gasteiger partial charge in [0.2, 0.25) is 0 Å². The van der Waals surface area contributed by atoms with Gasteiger partial charge in [0, 0.05) is 11.0 Å². The summed E-state index contributed by atoms with van der Waals surface area (Å²) in [6, 6.07) is 8.99. The molecule has 0 saturated heterocycles. The number of thioether (sulfide) groups is 1. The van der Waals surface area contributed by atoms with E-state index in [0.29, 0.717) is 5.25 Å². The van der Waals surface area contributed by atoms with Gasteiger partial charge in [-0.25, -0.2) is 0 Å². The zero-order valence-electron chi connectivity index (χ0n) is 11.1. The second kappa shape index (κ2) is 7.75. The lowest BCUT2D eigenvalue weighted by Gasteiger charge is -2.18. The van der Waals surface area contributed by atoms with Crippen LogP contribution in [-0.2, 0) is 6.42 Å². The third kappa shape index (κ3) is 4.70. The number of rotatable bonds is 7. The first-order valence-electron chi connectivity index (χ1n) is 6.37. The maximum absolute atomic E-state index is 5.64.